The third-order valence-electron chi connectivity index (χ3n) is 8.04. The third kappa shape index (κ3) is 2.13. The molecular weight excluding hydrogens is 312 g/mol. The van der Waals surface area contributed by atoms with Crippen LogP contribution in [-0.2, 0) is 0 Å². The minimum Gasteiger partial charge on any atom is -0.393 e. The van der Waals surface area contributed by atoms with E-state index in [1.54, 1.807) is 0 Å². The summed E-state index contributed by atoms with van der Waals surface area (Å²) in [6.07, 6.45) is 6.25. The van der Waals surface area contributed by atoms with Crippen LogP contribution in [0.25, 0.3) is 0 Å². The maximum Gasteiger partial charge on any atom is 0.0760 e. The molecule has 3 N–H and O–H groups in total. The van der Waals surface area contributed by atoms with Crippen molar-refractivity contribution in [3.05, 3.63) is 11.6 Å². The summed E-state index contributed by atoms with van der Waals surface area (Å²) in [5.74, 6) is 0.920. The van der Waals surface area contributed by atoms with Crippen molar-refractivity contribution in [1.82, 2.24) is 0 Å². The van der Waals surface area contributed by atoms with Gasteiger partial charge in [-0.25, -0.2) is 0 Å². The average Bonchev–Trinajstić information content (AvgIpc) is 2.73. The summed E-state index contributed by atoms with van der Waals surface area (Å²) in [7, 11) is 0. The molecule has 9 atom stereocenters. The zero-order chi connectivity index (χ0) is 16.6. The first kappa shape index (κ1) is 16.4. The first-order chi connectivity index (χ1) is 10.8. The second kappa shape index (κ2) is 5.20. The molecule has 130 valence electrons. The summed E-state index contributed by atoms with van der Waals surface area (Å²) in [6.45, 7) is 4.50. The lowest BCUT2D eigenvalue weighted by atomic mass is 9.47. The van der Waals surface area contributed by atoms with Gasteiger partial charge in [0.1, 0.15) is 0 Å². The molecule has 0 radical (unpaired) electrons. The van der Waals surface area contributed by atoms with Crippen LogP contribution in [0.2, 0.25) is 0 Å². The van der Waals surface area contributed by atoms with Crippen LogP contribution in [-0.4, -0.2) is 39.0 Å². The lowest BCUT2D eigenvalue weighted by Crippen LogP contribution is -2.55. The summed E-state index contributed by atoms with van der Waals surface area (Å²) in [4.78, 5) is 0. The molecule has 0 bridgehead atoms. The van der Waals surface area contributed by atoms with E-state index in [4.69, 9.17) is 11.6 Å². The van der Waals surface area contributed by atoms with Gasteiger partial charge in [-0.1, -0.05) is 25.5 Å². The molecule has 0 aromatic carbocycles. The second-order valence-corrected chi connectivity index (χ2v) is 9.59. The van der Waals surface area contributed by atoms with E-state index in [1.165, 1.54) is 5.57 Å². The molecule has 0 aromatic rings. The molecule has 0 saturated heterocycles. The van der Waals surface area contributed by atoms with E-state index in [9.17, 15) is 15.3 Å². The van der Waals surface area contributed by atoms with Crippen molar-refractivity contribution >= 4 is 11.6 Å². The zero-order valence-corrected chi connectivity index (χ0v) is 14.8. The van der Waals surface area contributed by atoms with Gasteiger partial charge in [-0.2, -0.15) is 0 Å². The standard InChI is InChI=1S/C19H29ClO3/c1-18-5-3-11(21)7-10(18)8-15(22)16-12(18)4-6-19(2)13(16)9-14(20)17(19)23/h8,11-17,21-23H,3-7,9H2,1-2H3/t11?,12-,13+,14?,15?,16-,17?,18+,19+/m1/s1. The highest BCUT2D eigenvalue weighted by atomic mass is 35.5. The molecular formula is C19H29ClO3. The summed E-state index contributed by atoms with van der Waals surface area (Å²) < 4.78 is 0. The molecule has 3 nitrogen and oxygen atoms in total. The van der Waals surface area contributed by atoms with Crippen molar-refractivity contribution in [3.63, 3.8) is 0 Å². The highest BCUT2D eigenvalue weighted by molar-refractivity contribution is 6.21. The van der Waals surface area contributed by atoms with Crippen LogP contribution in [0.4, 0.5) is 0 Å². The van der Waals surface area contributed by atoms with Crippen LogP contribution < -0.4 is 0 Å². The van der Waals surface area contributed by atoms with Crippen LogP contribution in [0.5, 0.6) is 0 Å². The summed E-state index contributed by atoms with van der Waals surface area (Å²) in [6, 6.07) is 0. The van der Waals surface area contributed by atoms with E-state index in [2.05, 4.69) is 13.8 Å². The van der Waals surface area contributed by atoms with Crippen molar-refractivity contribution in [2.45, 2.75) is 76.1 Å². The quantitative estimate of drug-likeness (QED) is 0.469. The largest absolute Gasteiger partial charge is 0.393 e. The fourth-order valence-corrected chi connectivity index (χ4v) is 7.06. The maximum absolute atomic E-state index is 10.9. The first-order valence-electron chi connectivity index (χ1n) is 9.17. The normalized spacial score (nSPS) is 58.9. The molecule has 3 saturated carbocycles. The van der Waals surface area contributed by atoms with Crippen molar-refractivity contribution in [2.75, 3.05) is 0 Å². The van der Waals surface area contributed by atoms with Gasteiger partial charge in [-0.15, -0.1) is 11.6 Å². The fraction of sp³-hybridized carbons (Fsp3) is 0.895. The van der Waals surface area contributed by atoms with Crippen molar-refractivity contribution in [3.8, 4) is 0 Å². The number of aliphatic hydroxyl groups is 3. The molecule has 4 rings (SSSR count). The second-order valence-electron chi connectivity index (χ2n) is 9.03. The maximum atomic E-state index is 10.9. The van der Waals surface area contributed by atoms with Gasteiger partial charge in [0.05, 0.1) is 23.7 Å². The number of hydrogen-bond acceptors (Lipinski definition) is 3. The van der Waals surface area contributed by atoms with E-state index < -0.39 is 12.2 Å². The van der Waals surface area contributed by atoms with Gasteiger partial charge in [-0.3, -0.25) is 0 Å². The highest BCUT2D eigenvalue weighted by Crippen LogP contribution is 2.65. The topological polar surface area (TPSA) is 60.7 Å². The summed E-state index contributed by atoms with van der Waals surface area (Å²) in [5.41, 5.74) is 1.19. The van der Waals surface area contributed by atoms with Crippen LogP contribution >= 0.6 is 11.6 Å². The average molecular weight is 341 g/mol. The van der Waals surface area contributed by atoms with Crippen LogP contribution in [0.1, 0.15) is 52.4 Å². The van der Waals surface area contributed by atoms with Crippen LogP contribution in [0, 0.1) is 28.6 Å². The van der Waals surface area contributed by atoms with Gasteiger partial charge < -0.3 is 15.3 Å². The molecule has 23 heavy (non-hydrogen) atoms. The van der Waals surface area contributed by atoms with Gasteiger partial charge in [0.15, 0.2) is 0 Å². The van der Waals surface area contributed by atoms with E-state index in [0.29, 0.717) is 12.3 Å². The van der Waals surface area contributed by atoms with E-state index in [-0.39, 0.29) is 34.1 Å². The summed E-state index contributed by atoms with van der Waals surface area (Å²) >= 11 is 6.42. The van der Waals surface area contributed by atoms with Crippen molar-refractivity contribution in [2.24, 2.45) is 28.6 Å². The minimum atomic E-state index is -0.466. The number of hydrogen-bond donors (Lipinski definition) is 3. The van der Waals surface area contributed by atoms with Gasteiger partial charge in [0, 0.05) is 0 Å². The van der Waals surface area contributed by atoms with Crippen LogP contribution in [0.15, 0.2) is 11.6 Å². The third-order valence-corrected chi connectivity index (χ3v) is 8.46. The first-order valence-corrected chi connectivity index (χ1v) is 9.60. The Morgan fingerprint density at radius 2 is 1.83 bits per heavy atom. The Balaban J connectivity index is 1.73. The number of aliphatic hydroxyl groups excluding tert-OH is 3. The van der Waals surface area contributed by atoms with Gasteiger partial charge in [-0.05, 0) is 67.1 Å². The van der Waals surface area contributed by atoms with E-state index >= 15 is 0 Å². The van der Waals surface area contributed by atoms with Crippen molar-refractivity contribution < 1.29 is 15.3 Å². The number of alkyl halides is 1. The minimum absolute atomic E-state index is 0.0970. The SMILES string of the molecule is C[C@]12CCC(O)CC1=CC(O)[C@@H]1[C@H]2CC[C@]2(C)C(O)C(Cl)C[C@@H]12. The Labute approximate surface area is 143 Å². The Bertz CT molecular complexity index is 535. The molecule has 3 fully saturated rings. The molecule has 0 aromatic heterocycles. The molecule has 4 heteroatoms. The monoisotopic (exact) mass is 340 g/mol. The molecule has 0 amide bonds. The van der Waals surface area contributed by atoms with Gasteiger partial charge in [0.2, 0.25) is 0 Å². The Hall–Kier alpha value is -0.0900. The molecule has 0 spiro atoms. The van der Waals surface area contributed by atoms with Crippen LogP contribution in [0.3, 0.4) is 0 Å². The lowest BCUT2D eigenvalue weighted by molar-refractivity contribution is -0.105. The van der Waals surface area contributed by atoms with Gasteiger partial charge >= 0.3 is 0 Å². The number of halogens is 1. The lowest BCUT2D eigenvalue weighted by Gasteiger charge is -2.58. The van der Waals surface area contributed by atoms with Crippen molar-refractivity contribution in [1.29, 1.82) is 0 Å². The number of fused-ring (bicyclic) bond motifs is 5. The Morgan fingerprint density at radius 1 is 1.09 bits per heavy atom. The van der Waals surface area contributed by atoms with E-state index in [0.717, 1.165) is 32.1 Å². The molecule has 4 aliphatic rings. The highest BCUT2D eigenvalue weighted by Gasteiger charge is 2.62. The Morgan fingerprint density at radius 3 is 2.57 bits per heavy atom. The zero-order valence-electron chi connectivity index (χ0n) is 14.1. The molecule has 0 heterocycles. The van der Waals surface area contributed by atoms with E-state index in [1.807, 2.05) is 6.08 Å². The molecule has 4 unspecified atom stereocenters. The predicted octanol–water partition coefficient (Wildman–Crippen LogP) is 2.86. The van der Waals surface area contributed by atoms with Gasteiger partial charge in [0.25, 0.3) is 0 Å². The predicted molar refractivity (Wildman–Crippen MR) is 90.1 cm³/mol. The summed E-state index contributed by atoms with van der Waals surface area (Å²) in [5, 5.41) is 31.3. The fourth-order valence-electron chi connectivity index (χ4n) is 6.58. The Kier molecular flexibility index (Phi) is 3.71. The molecule has 0 aliphatic heterocycles. The molecule has 4 aliphatic carbocycles. The number of rotatable bonds is 0. The smallest absolute Gasteiger partial charge is 0.0760 e.